The number of aromatic nitrogens is 2. The monoisotopic (exact) mass is 480 g/mol. The molecule has 3 aromatic rings. The second-order valence-corrected chi connectivity index (χ2v) is 10.4. The van der Waals surface area contributed by atoms with E-state index in [4.69, 9.17) is 11.6 Å². The fraction of sp³-hybridized carbons (Fsp3) is 0.250. The number of sulfonamides is 1. The fourth-order valence-electron chi connectivity index (χ4n) is 3.38. The molecule has 2 aromatic carbocycles. The van der Waals surface area contributed by atoms with E-state index in [2.05, 4.69) is 15.5 Å². The van der Waals surface area contributed by atoms with Crippen LogP contribution >= 0.6 is 22.9 Å². The number of carbonyl (C=O) groups excluding carboxylic acids is 1. The summed E-state index contributed by atoms with van der Waals surface area (Å²) >= 11 is 7.11. The molecule has 0 atom stereocenters. The predicted molar refractivity (Wildman–Crippen MR) is 116 cm³/mol. The van der Waals surface area contributed by atoms with Crippen molar-refractivity contribution in [2.24, 2.45) is 0 Å². The van der Waals surface area contributed by atoms with Gasteiger partial charge in [0.2, 0.25) is 15.0 Å². The third kappa shape index (κ3) is 4.77. The summed E-state index contributed by atoms with van der Waals surface area (Å²) < 4.78 is 40.7. The molecule has 0 unspecified atom stereocenters. The lowest BCUT2D eigenvalue weighted by atomic mass is 9.99. The Morgan fingerprint density at radius 2 is 1.87 bits per heavy atom. The Morgan fingerprint density at radius 1 is 1.13 bits per heavy atom. The lowest BCUT2D eigenvalue weighted by Crippen LogP contribution is -2.38. The Morgan fingerprint density at radius 3 is 2.58 bits per heavy atom. The molecule has 1 aliphatic heterocycles. The van der Waals surface area contributed by atoms with Crippen molar-refractivity contribution in [2.45, 2.75) is 23.7 Å². The molecule has 0 spiro atoms. The summed E-state index contributed by atoms with van der Waals surface area (Å²) in [4.78, 5) is 12.1. The predicted octanol–water partition coefficient (Wildman–Crippen LogP) is 4.15. The van der Waals surface area contributed by atoms with Crippen LogP contribution < -0.4 is 5.32 Å². The molecule has 162 valence electrons. The minimum absolute atomic E-state index is 0.0164. The van der Waals surface area contributed by atoms with E-state index in [1.165, 1.54) is 33.8 Å². The lowest BCUT2D eigenvalue weighted by molar-refractivity contribution is 0.102. The molecule has 11 heteroatoms. The van der Waals surface area contributed by atoms with Crippen LogP contribution in [-0.4, -0.2) is 41.9 Å². The number of halogens is 2. The average Bonchev–Trinajstić information content (AvgIpc) is 3.24. The van der Waals surface area contributed by atoms with Gasteiger partial charge in [0.15, 0.2) is 0 Å². The molecule has 1 aromatic heterocycles. The van der Waals surface area contributed by atoms with Crippen LogP contribution in [0.4, 0.5) is 10.1 Å². The molecule has 1 saturated heterocycles. The highest BCUT2D eigenvalue weighted by molar-refractivity contribution is 7.89. The average molecular weight is 481 g/mol. The van der Waals surface area contributed by atoms with Crippen LogP contribution in [0.5, 0.6) is 0 Å². The zero-order valence-corrected chi connectivity index (χ0v) is 18.6. The first-order valence-corrected chi connectivity index (χ1v) is 12.1. The van der Waals surface area contributed by atoms with E-state index in [-0.39, 0.29) is 34.8 Å². The number of anilines is 1. The number of nitrogens with one attached hydrogen (secondary N) is 1. The molecule has 1 amide bonds. The van der Waals surface area contributed by atoms with E-state index in [1.807, 2.05) is 0 Å². The van der Waals surface area contributed by atoms with Gasteiger partial charge in [0.25, 0.3) is 5.91 Å². The molecule has 0 radical (unpaired) electrons. The number of carbonyl (C=O) groups is 1. The SMILES string of the molecule is O=C(Nc1cccc(Cl)c1)c1nnc(C2CCN(S(=O)(=O)c3ccccc3F)CC2)s1. The van der Waals surface area contributed by atoms with Crippen molar-refractivity contribution in [1.29, 1.82) is 0 Å². The molecule has 31 heavy (non-hydrogen) atoms. The third-order valence-electron chi connectivity index (χ3n) is 4.97. The smallest absolute Gasteiger partial charge is 0.286 e. The molecule has 0 saturated carbocycles. The van der Waals surface area contributed by atoms with Crippen molar-refractivity contribution in [1.82, 2.24) is 14.5 Å². The number of benzene rings is 2. The van der Waals surface area contributed by atoms with Gasteiger partial charge in [-0.2, -0.15) is 4.31 Å². The van der Waals surface area contributed by atoms with Crippen LogP contribution in [0.15, 0.2) is 53.4 Å². The van der Waals surface area contributed by atoms with Gasteiger partial charge in [-0.15, -0.1) is 10.2 Å². The summed E-state index contributed by atoms with van der Waals surface area (Å²) in [5.41, 5.74) is 0.556. The number of rotatable bonds is 5. The first kappa shape index (κ1) is 21.8. The number of hydrogen-bond donors (Lipinski definition) is 1. The van der Waals surface area contributed by atoms with Gasteiger partial charge < -0.3 is 5.32 Å². The summed E-state index contributed by atoms with van der Waals surface area (Å²) in [5.74, 6) is -1.16. The van der Waals surface area contributed by atoms with E-state index in [0.29, 0.717) is 28.6 Å². The van der Waals surface area contributed by atoms with Crippen LogP contribution in [0.25, 0.3) is 0 Å². The highest BCUT2D eigenvalue weighted by Gasteiger charge is 2.33. The Kier molecular flexibility index (Phi) is 6.33. The minimum atomic E-state index is -3.89. The maximum Gasteiger partial charge on any atom is 0.286 e. The van der Waals surface area contributed by atoms with Crippen molar-refractivity contribution in [2.75, 3.05) is 18.4 Å². The molecule has 1 N–H and O–H groups in total. The molecule has 1 aliphatic rings. The molecule has 0 aliphatic carbocycles. The van der Waals surface area contributed by atoms with Gasteiger partial charge >= 0.3 is 0 Å². The van der Waals surface area contributed by atoms with Crippen LogP contribution in [0.3, 0.4) is 0 Å². The maximum absolute atomic E-state index is 14.0. The maximum atomic E-state index is 14.0. The molecular weight excluding hydrogens is 463 g/mol. The third-order valence-corrected chi connectivity index (χ3v) is 8.23. The highest BCUT2D eigenvalue weighted by Crippen LogP contribution is 2.33. The van der Waals surface area contributed by atoms with Crippen LogP contribution in [0.1, 0.15) is 33.6 Å². The van der Waals surface area contributed by atoms with Crippen molar-refractivity contribution in [3.63, 3.8) is 0 Å². The van der Waals surface area contributed by atoms with E-state index in [1.54, 1.807) is 24.3 Å². The van der Waals surface area contributed by atoms with Crippen molar-refractivity contribution in [3.8, 4) is 0 Å². The zero-order valence-electron chi connectivity index (χ0n) is 16.2. The number of nitrogens with zero attached hydrogens (tertiary/aromatic N) is 3. The molecule has 4 rings (SSSR count). The van der Waals surface area contributed by atoms with E-state index in [9.17, 15) is 17.6 Å². The topological polar surface area (TPSA) is 92.3 Å². The fourth-order valence-corrected chi connectivity index (χ4v) is 6.01. The zero-order chi connectivity index (χ0) is 22.0. The van der Waals surface area contributed by atoms with E-state index < -0.39 is 15.8 Å². The summed E-state index contributed by atoms with van der Waals surface area (Å²) in [6, 6.07) is 12.1. The molecule has 1 fully saturated rings. The Labute approximate surface area is 187 Å². The largest absolute Gasteiger partial charge is 0.320 e. The second-order valence-electron chi connectivity index (χ2n) is 7.02. The summed E-state index contributed by atoms with van der Waals surface area (Å²) in [6.07, 6.45) is 1.02. The lowest BCUT2D eigenvalue weighted by Gasteiger charge is -2.30. The Bertz CT molecular complexity index is 1210. The van der Waals surface area contributed by atoms with Crippen LogP contribution in [0, 0.1) is 5.82 Å². The normalized spacial score (nSPS) is 15.7. The Hall–Kier alpha value is -2.40. The number of amides is 1. The van der Waals surface area contributed by atoms with Gasteiger partial charge in [0.1, 0.15) is 15.7 Å². The Balaban J connectivity index is 1.40. The van der Waals surface area contributed by atoms with Crippen LogP contribution in [-0.2, 0) is 10.0 Å². The first-order chi connectivity index (χ1) is 14.8. The van der Waals surface area contributed by atoms with Crippen LogP contribution in [0.2, 0.25) is 5.02 Å². The van der Waals surface area contributed by atoms with E-state index in [0.717, 1.165) is 6.07 Å². The second kappa shape index (κ2) is 8.99. The molecule has 7 nitrogen and oxygen atoms in total. The van der Waals surface area contributed by atoms with Gasteiger partial charge in [-0.25, -0.2) is 12.8 Å². The number of piperidine rings is 1. The van der Waals surface area contributed by atoms with Crippen molar-refractivity contribution >= 4 is 44.6 Å². The molecule has 2 heterocycles. The standard InChI is InChI=1S/C20H18ClFN4O3S2/c21-14-4-3-5-15(12-14)23-18(27)20-25-24-19(30-20)13-8-10-26(11-9-13)31(28,29)17-7-2-1-6-16(17)22/h1-7,12-13H,8-11H2,(H,23,27). The van der Waals surface area contributed by atoms with Gasteiger partial charge in [-0.3, -0.25) is 4.79 Å². The summed E-state index contributed by atoms with van der Waals surface area (Å²) in [7, 11) is -3.89. The van der Waals surface area contributed by atoms with Gasteiger partial charge in [-0.1, -0.05) is 41.1 Å². The van der Waals surface area contributed by atoms with Gasteiger partial charge in [-0.05, 0) is 43.2 Å². The number of hydrogen-bond acceptors (Lipinski definition) is 6. The van der Waals surface area contributed by atoms with Crippen molar-refractivity contribution in [3.05, 3.63) is 69.4 Å². The van der Waals surface area contributed by atoms with Gasteiger partial charge in [0.05, 0.1) is 0 Å². The van der Waals surface area contributed by atoms with E-state index >= 15 is 0 Å². The summed E-state index contributed by atoms with van der Waals surface area (Å²) in [5, 5.41) is 12.2. The summed E-state index contributed by atoms with van der Waals surface area (Å²) in [6.45, 7) is 0.482. The van der Waals surface area contributed by atoms with Crippen molar-refractivity contribution < 1.29 is 17.6 Å². The quantitative estimate of drug-likeness (QED) is 0.592. The minimum Gasteiger partial charge on any atom is -0.320 e. The highest BCUT2D eigenvalue weighted by atomic mass is 35.5. The first-order valence-electron chi connectivity index (χ1n) is 9.49. The molecular formula is C20H18ClFN4O3S2. The van der Waals surface area contributed by atoms with Gasteiger partial charge in [0, 0.05) is 29.7 Å². The molecule has 0 bridgehead atoms.